The second kappa shape index (κ2) is 6.30. The van der Waals surface area contributed by atoms with Crippen LogP contribution in [0.4, 0.5) is 5.69 Å². The number of hydrogen-bond donors (Lipinski definition) is 2. The predicted molar refractivity (Wildman–Crippen MR) is 81.5 cm³/mol. The zero-order chi connectivity index (χ0) is 14.8. The van der Waals surface area contributed by atoms with Gasteiger partial charge in [-0.15, -0.1) is 0 Å². The van der Waals surface area contributed by atoms with Crippen LogP contribution in [-0.2, 0) is 10.0 Å². The van der Waals surface area contributed by atoms with Crippen LogP contribution in [-0.4, -0.2) is 39.5 Å². The first-order valence-electron chi connectivity index (χ1n) is 6.68. The molecule has 7 heteroatoms. The van der Waals surface area contributed by atoms with Crippen LogP contribution in [0.15, 0.2) is 17.0 Å². The van der Waals surface area contributed by atoms with Gasteiger partial charge in [0.05, 0.1) is 5.02 Å². The lowest BCUT2D eigenvalue weighted by molar-refractivity contribution is 0.344. The summed E-state index contributed by atoms with van der Waals surface area (Å²) in [4.78, 5) is 2.29. The van der Waals surface area contributed by atoms with Crippen molar-refractivity contribution in [3.63, 3.8) is 0 Å². The van der Waals surface area contributed by atoms with E-state index in [0.29, 0.717) is 12.2 Å². The number of rotatable bonds is 5. The van der Waals surface area contributed by atoms with E-state index >= 15 is 0 Å². The lowest BCUT2D eigenvalue weighted by atomic mass is 10.2. The molecule has 0 aliphatic carbocycles. The average molecular weight is 318 g/mol. The van der Waals surface area contributed by atoms with E-state index in [2.05, 4.69) is 9.62 Å². The van der Waals surface area contributed by atoms with Gasteiger partial charge in [-0.25, -0.2) is 13.1 Å². The zero-order valence-electron chi connectivity index (χ0n) is 11.5. The molecule has 20 heavy (non-hydrogen) atoms. The van der Waals surface area contributed by atoms with E-state index in [-0.39, 0.29) is 9.92 Å². The van der Waals surface area contributed by atoms with Crippen LogP contribution in [0.25, 0.3) is 0 Å². The minimum Gasteiger partial charge on any atom is -0.398 e. The van der Waals surface area contributed by atoms with Crippen LogP contribution in [0.5, 0.6) is 0 Å². The van der Waals surface area contributed by atoms with Gasteiger partial charge in [-0.3, -0.25) is 0 Å². The highest BCUT2D eigenvalue weighted by Gasteiger charge is 2.19. The third-order valence-corrected chi connectivity index (χ3v) is 5.45. The number of benzene rings is 1. The van der Waals surface area contributed by atoms with Gasteiger partial charge < -0.3 is 10.6 Å². The third kappa shape index (κ3) is 3.63. The highest BCUT2D eigenvalue weighted by Crippen LogP contribution is 2.26. The number of aryl methyl sites for hydroxylation is 1. The van der Waals surface area contributed by atoms with Gasteiger partial charge >= 0.3 is 0 Å². The molecule has 1 aromatic carbocycles. The van der Waals surface area contributed by atoms with Crippen LogP contribution in [0.3, 0.4) is 0 Å². The smallest absolute Gasteiger partial charge is 0.242 e. The summed E-state index contributed by atoms with van der Waals surface area (Å²) in [5, 5.41) is 0.199. The van der Waals surface area contributed by atoms with Crippen LogP contribution in [0.1, 0.15) is 18.4 Å². The molecule has 1 heterocycles. The number of sulfonamides is 1. The number of nitrogen functional groups attached to an aromatic ring is 1. The Morgan fingerprint density at radius 1 is 1.35 bits per heavy atom. The molecule has 1 aliphatic heterocycles. The lowest BCUT2D eigenvalue weighted by Gasteiger charge is -2.15. The molecular weight excluding hydrogens is 298 g/mol. The summed E-state index contributed by atoms with van der Waals surface area (Å²) in [7, 11) is -3.61. The number of nitrogens with zero attached hydrogens (tertiary/aromatic N) is 1. The van der Waals surface area contributed by atoms with E-state index in [9.17, 15) is 8.42 Å². The van der Waals surface area contributed by atoms with Gasteiger partial charge in [0.1, 0.15) is 4.90 Å². The van der Waals surface area contributed by atoms with Crippen molar-refractivity contribution in [2.45, 2.75) is 24.7 Å². The van der Waals surface area contributed by atoms with Crippen LogP contribution >= 0.6 is 11.6 Å². The van der Waals surface area contributed by atoms with Gasteiger partial charge in [-0.2, -0.15) is 0 Å². The van der Waals surface area contributed by atoms with Crippen molar-refractivity contribution in [2.24, 2.45) is 0 Å². The van der Waals surface area contributed by atoms with Crippen molar-refractivity contribution in [3.05, 3.63) is 22.7 Å². The number of nitrogens with one attached hydrogen (secondary N) is 1. The molecule has 3 N–H and O–H groups in total. The Morgan fingerprint density at radius 3 is 2.65 bits per heavy atom. The molecule has 2 rings (SSSR count). The summed E-state index contributed by atoms with van der Waals surface area (Å²) < 4.78 is 27.0. The number of halogens is 1. The van der Waals surface area contributed by atoms with Crippen LogP contribution in [0.2, 0.25) is 5.02 Å². The second-order valence-corrected chi connectivity index (χ2v) is 7.23. The molecule has 0 bridgehead atoms. The molecule has 1 saturated heterocycles. The number of nitrogens with two attached hydrogens (primary N) is 1. The molecule has 0 radical (unpaired) electrons. The Bertz CT molecular complexity index is 584. The van der Waals surface area contributed by atoms with Crippen molar-refractivity contribution < 1.29 is 8.42 Å². The number of hydrogen-bond acceptors (Lipinski definition) is 4. The first-order valence-corrected chi connectivity index (χ1v) is 8.54. The summed E-state index contributed by atoms with van der Waals surface area (Å²) in [5.41, 5.74) is 6.95. The SMILES string of the molecule is Cc1cc(Cl)c(S(=O)(=O)NCCN2CCCC2)cc1N. The molecule has 0 unspecified atom stereocenters. The average Bonchev–Trinajstić information content (AvgIpc) is 2.86. The quantitative estimate of drug-likeness (QED) is 0.809. The van der Waals surface area contributed by atoms with Crippen molar-refractivity contribution in [1.82, 2.24) is 9.62 Å². The van der Waals surface area contributed by atoms with Crippen LogP contribution < -0.4 is 10.5 Å². The second-order valence-electron chi connectivity index (χ2n) is 5.09. The molecule has 0 spiro atoms. The van der Waals surface area contributed by atoms with Gasteiger partial charge in [-0.1, -0.05) is 11.6 Å². The topological polar surface area (TPSA) is 75.4 Å². The third-order valence-electron chi connectivity index (χ3n) is 3.53. The summed E-state index contributed by atoms with van der Waals surface area (Å²) in [6.45, 7) is 4.98. The molecule has 1 fully saturated rings. The van der Waals surface area contributed by atoms with Gasteiger partial charge in [0, 0.05) is 18.8 Å². The van der Waals surface area contributed by atoms with E-state index in [1.165, 1.54) is 18.9 Å². The Kier molecular flexibility index (Phi) is 4.90. The maximum atomic E-state index is 12.2. The zero-order valence-corrected chi connectivity index (χ0v) is 13.1. The molecule has 5 nitrogen and oxygen atoms in total. The van der Waals surface area contributed by atoms with E-state index in [4.69, 9.17) is 17.3 Å². The fourth-order valence-corrected chi connectivity index (χ4v) is 3.93. The van der Waals surface area contributed by atoms with Gasteiger partial charge in [0.15, 0.2) is 0 Å². The van der Waals surface area contributed by atoms with E-state index < -0.39 is 10.0 Å². The van der Waals surface area contributed by atoms with Crippen molar-refractivity contribution in [1.29, 1.82) is 0 Å². The fourth-order valence-electron chi connectivity index (χ4n) is 2.30. The summed E-state index contributed by atoms with van der Waals surface area (Å²) >= 11 is 6.01. The standard InChI is InChI=1S/C13H20ClN3O2S/c1-10-8-11(14)13(9-12(10)15)20(18,19)16-4-7-17-5-2-3-6-17/h8-9,16H,2-7,15H2,1H3. The Hall–Kier alpha value is -0.820. The molecule has 0 amide bonds. The molecule has 1 aliphatic rings. The maximum Gasteiger partial charge on any atom is 0.242 e. The normalized spacial score (nSPS) is 16.7. The highest BCUT2D eigenvalue weighted by molar-refractivity contribution is 7.89. The van der Waals surface area contributed by atoms with Crippen LogP contribution in [0, 0.1) is 6.92 Å². The monoisotopic (exact) mass is 317 g/mol. The maximum absolute atomic E-state index is 12.2. The highest BCUT2D eigenvalue weighted by atomic mass is 35.5. The van der Waals surface area contributed by atoms with E-state index in [1.807, 2.05) is 0 Å². The molecule has 0 aromatic heterocycles. The predicted octanol–water partition coefficient (Wildman–Crippen LogP) is 1.60. The molecule has 112 valence electrons. The Morgan fingerprint density at radius 2 is 2.00 bits per heavy atom. The first-order chi connectivity index (χ1) is 9.40. The fraction of sp³-hybridized carbons (Fsp3) is 0.538. The van der Waals surface area contributed by atoms with Crippen molar-refractivity contribution in [3.8, 4) is 0 Å². The lowest BCUT2D eigenvalue weighted by Crippen LogP contribution is -2.33. The summed E-state index contributed by atoms with van der Waals surface area (Å²) in [5.74, 6) is 0. The minimum absolute atomic E-state index is 0.0451. The Balaban J connectivity index is 2.04. The van der Waals surface area contributed by atoms with E-state index in [0.717, 1.165) is 25.2 Å². The number of anilines is 1. The number of likely N-dealkylation sites (tertiary alicyclic amines) is 1. The summed E-state index contributed by atoms with van der Waals surface area (Å²) in [6, 6.07) is 2.99. The minimum atomic E-state index is -3.61. The van der Waals surface area contributed by atoms with Gasteiger partial charge in [0.25, 0.3) is 0 Å². The molecule has 0 atom stereocenters. The van der Waals surface area contributed by atoms with Crippen molar-refractivity contribution in [2.75, 3.05) is 31.9 Å². The largest absolute Gasteiger partial charge is 0.398 e. The Labute approximate surface area is 125 Å². The van der Waals surface area contributed by atoms with Gasteiger partial charge in [-0.05, 0) is 50.6 Å². The molecular formula is C13H20ClN3O2S. The summed E-state index contributed by atoms with van der Waals surface area (Å²) in [6.07, 6.45) is 2.38. The van der Waals surface area contributed by atoms with Crippen molar-refractivity contribution >= 4 is 27.3 Å². The van der Waals surface area contributed by atoms with Gasteiger partial charge in [0.2, 0.25) is 10.0 Å². The van der Waals surface area contributed by atoms with E-state index in [1.54, 1.807) is 13.0 Å². The molecule has 1 aromatic rings. The first kappa shape index (κ1) is 15.6. The molecule has 0 saturated carbocycles.